The fraction of sp³-hybridized carbons (Fsp3) is 0.133. The highest BCUT2D eigenvalue weighted by Gasteiger charge is 2.10. The topological polar surface area (TPSA) is 52.0 Å². The largest absolute Gasteiger partial charge is 0.454 e. The van der Waals surface area contributed by atoms with Crippen LogP contribution in [-0.4, -0.2) is 4.98 Å². The van der Waals surface area contributed by atoms with E-state index in [2.05, 4.69) is 18.0 Å². The minimum Gasteiger partial charge on any atom is -0.454 e. The van der Waals surface area contributed by atoms with Gasteiger partial charge >= 0.3 is 0 Å². The van der Waals surface area contributed by atoms with Gasteiger partial charge in [-0.15, -0.1) is 0 Å². The molecule has 2 heterocycles. The van der Waals surface area contributed by atoms with Gasteiger partial charge in [0.05, 0.1) is 5.69 Å². The Bertz CT molecular complexity index is 728. The third-order valence-corrected chi connectivity index (χ3v) is 2.96. The summed E-state index contributed by atoms with van der Waals surface area (Å²) in [5.41, 5.74) is 10.4. The van der Waals surface area contributed by atoms with Crippen molar-refractivity contribution in [1.82, 2.24) is 4.98 Å². The molecule has 0 saturated carbocycles. The summed E-state index contributed by atoms with van der Waals surface area (Å²) >= 11 is 0. The standard InChI is InChI=1S/C15H14N2O/c1-9-3-4-13-11(5-9)7-14(18-13)15-12(16)6-10(2)8-17-15/h3-8H,16H2,1-2H3. The van der Waals surface area contributed by atoms with Gasteiger partial charge in [-0.3, -0.25) is 4.98 Å². The van der Waals surface area contributed by atoms with E-state index in [4.69, 9.17) is 10.2 Å². The zero-order valence-corrected chi connectivity index (χ0v) is 10.4. The van der Waals surface area contributed by atoms with Gasteiger partial charge in [0.15, 0.2) is 5.76 Å². The number of nitrogens with two attached hydrogens (primary N) is 1. The van der Waals surface area contributed by atoms with Crippen LogP contribution >= 0.6 is 0 Å². The number of aromatic nitrogens is 1. The number of pyridine rings is 1. The van der Waals surface area contributed by atoms with Crippen molar-refractivity contribution in [3.63, 3.8) is 0 Å². The lowest BCUT2D eigenvalue weighted by Gasteiger charge is -2.01. The molecule has 0 aliphatic heterocycles. The van der Waals surface area contributed by atoms with E-state index in [0.29, 0.717) is 17.1 Å². The number of rotatable bonds is 1. The van der Waals surface area contributed by atoms with Crippen LogP contribution in [-0.2, 0) is 0 Å². The molecule has 18 heavy (non-hydrogen) atoms. The maximum atomic E-state index is 5.98. The summed E-state index contributed by atoms with van der Waals surface area (Å²) in [5.74, 6) is 0.716. The lowest BCUT2D eigenvalue weighted by molar-refractivity contribution is 0.629. The van der Waals surface area contributed by atoms with Crippen LogP contribution in [0.2, 0.25) is 0 Å². The van der Waals surface area contributed by atoms with E-state index in [1.54, 1.807) is 6.20 Å². The maximum Gasteiger partial charge on any atom is 0.155 e. The van der Waals surface area contributed by atoms with Crippen LogP contribution in [0.5, 0.6) is 0 Å². The average molecular weight is 238 g/mol. The van der Waals surface area contributed by atoms with Gasteiger partial charge in [0.1, 0.15) is 11.3 Å². The van der Waals surface area contributed by atoms with Crippen LogP contribution in [0.3, 0.4) is 0 Å². The molecule has 2 N–H and O–H groups in total. The summed E-state index contributed by atoms with van der Waals surface area (Å²) in [6.07, 6.45) is 1.80. The molecule has 0 saturated heterocycles. The molecule has 0 fully saturated rings. The summed E-state index contributed by atoms with van der Waals surface area (Å²) < 4.78 is 5.79. The van der Waals surface area contributed by atoms with Gasteiger partial charge in [0.25, 0.3) is 0 Å². The normalized spacial score (nSPS) is 11.0. The highest BCUT2D eigenvalue weighted by Crippen LogP contribution is 2.30. The van der Waals surface area contributed by atoms with E-state index in [1.165, 1.54) is 5.56 Å². The number of fused-ring (bicyclic) bond motifs is 1. The molecule has 3 heteroatoms. The van der Waals surface area contributed by atoms with E-state index in [0.717, 1.165) is 16.5 Å². The highest BCUT2D eigenvalue weighted by molar-refractivity contribution is 5.84. The highest BCUT2D eigenvalue weighted by atomic mass is 16.3. The summed E-state index contributed by atoms with van der Waals surface area (Å²) in [7, 11) is 0. The fourth-order valence-electron chi connectivity index (χ4n) is 2.08. The number of benzene rings is 1. The second-order valence-electron chi connectivity index (χ2n) is 4.60. The Balaban J connectivity index is 2.19. The Morgan fingerprint density at radius 1 is 1.06 bits per heavy atom. The Hall–Kier alpha value is -2.29. The second kappa shape index (κ2) is 3.88. The van der Waals surface area contributed by atoms with Gasteiger partial charge in [0, 0.05) is 11.6 Å². The van der Waals surface area contributed by atoms with E-state index in [-0.39, 0.29) is 0 Å². The van der Waals surface area contributed by atoms with E-state index in [9.17, 15) is 0 Å². The third-order valence-electron chi connectivity index (χ3n) is 2.96. The second-order valence-corrected chi connectivity index (χ2v) is 4.60. The maximum absolute atomic E-state index is 5.98. The molecule has 0 radical (unpaired) electrons. The lowest BCUT2D eigenvalue weighted by atomic mass is 10.1. The summed E-state index contributed by atoms with van der Waals surface area (Å²) in [5, 5.41) is 1.08. The number of furan rings is 1. The monoisotopic (exact) mass is 238 g/mol. The first-order valence-corrected chi connectivity index (χ1v) is 5.86. The minimum absolute atomic E-state index is 0.644. The Morgan fingerprint density at radius 2 is 1.89 bits per heavy atom. The molecule has 0 aliphatic carbocycles. The van der Waals surface area contributed by atoms with Crippen molar-refractivity contribution in [2.75, 3.05) is 5.73 Å². The molecule has 2 aromatic heterocycles. The third kappa shape index (κ3) is 1.74. The number of hydrogen-bond donors (Lipinski definition) is 1. The first kappa shape index (κ1) is 10.8. The Morgan fingerprint density at radius 3 is 2.67 bits per heavy atom. The molecule has 1 aromatic carbocycles. The van der Waals surface area contributed by atoms with Gasteiger partial charge in [-0.05, 0) is 43.7 Å². The van der Waals surface area contributed by atoms with Crippen molar-refractivity contribution in [1.29, 1.82) is 0 Å². The number of hydrogen-bond acceptors (Lipinski definition) is 3. The summed E-state index contributed by atoms with van der Waals surface area (Å²) in [6.45, 7) is 4.03. The van der Waals surface area contributed by atoms with E-state index < -0.39 is 0 Å². The number of anilines is 1. The quantitative estimate of drug-likeness (QED) is 0.703. The summed E-state index contributed by atoms with van der Waals surface area (Å²) in [6, 6.07) is 9.98. The van der Waals surface area contributed by atoms with Crippen molar-refractivity contribution < 1.29 is 4.42 Å². The lowest BCUT2D eigenvalue weighted by Crippen LogP contribution is -1.93. The molecule has 0 atom stereocenters. The SMILES string of the molecule is Cc1cnc(-c2cc3cc(C)ccc3o2)c(N)c1. The predicted octanol–water partition coefficient (Wildman–Crippen LogP) is 3.69. The zero-order chi connectivity index (χ0) is 12.7. The Kier molecular flexibility index (Phi) is 2.33. The fourth-order valence-corrected chi connectivity index (χ4v) is 2.08. The smallest absolute Gasteiger partial charge is 0.155 e. The molecule has 3 nitrogen and oxygen atoms in total. The molecule has 90 valence electrons. The molecular weight excluding hydrogens is 224 g/mol. The zero-order valence-electron chi connectivity index (χ0n) is 10.4. The first-order chi connectivity index (χ1) is 8.63. The van der Waals surface area contributed by atoms with Crippen LogP contribution in [0.1, 0.15) is 11.1 Å². The van der Waals surface area contributed by atoms with Crippen molar-refractivity contribution in [3.8, 4) is 11.5 Å². The minimum atomic E-state index is 0.644. The molecule has 0 bridgehead atoms. The molecule has 0 unspecified atom stereocenters. The average Bonchev–Trinajstić information content (AvgIpc) is 2.71. The summed E-state index contributed by atoms with van der Waals surface area (Å²) in [4.78, 5) is 4.35. The van der Waals surface area contributed by atoms with Crippen molar-refractivity contribution in [2.24, 2.45) is 0 Å². The predicted molar refractivity (Wildman–Crippen MR) is 73.3 cm³/mol. The molecule has 3 aromatic rings. The van der Waals surface area contributed by atoms with Crippen molar-refractivity contribution >= 4 is 16.7 Å². The first-order valence-electron chi connectivity index (χ1n) is 5.86. The van der Waals surface area contributed by atoms with Crippen molar-refractivity contribution in [3.05, 3.63) is 47.7 Å². The van der Waals surface area contributed by atoms with E-state index in [1.807, 2.05) is 31.2 Å². The number of nitrogens with zero attached hydrogens (tertiary/aromatic N) is 1. The molecular formula is C15H14N2O. The molecule has 0 aliphatic rings. The van der Waals surface area contributed by atoms with Gasteiger partial charge in [-0.2, -0.15) is 0 Å². The van der Waals surface area contributed by atoms with Gasteiger partial charge in [-0.1, -0.05) is 11.6 Å². The molecule has 0 amide bonds. The molecule has 0 spiro atoms. The molecule has 3 rings (SSSR count). The van der Waals surface area contributed by atoms with Crippen LogP contribution in [0.25, 0.3) is 22.4 Å². The van der Waals surface area contributed by atoms with Crippen LogP contribution in [0.15, 0.2) is 40.9 Å². The van der Waals surface area contributed by atoms with Gasteiger partial charge in [-0.25, -0.2) is 0 Å². The van der Waals surface area contributed by atoms with Crippen LogP contribution in [0.4, 0.5) is 5.69 Å². The van der Waals surface area contributed by atoms with Gasteiger partial charge < -0.3 is 10.2 Å². The van der Waals surface area contributed by atoms with Crippen LogP contribution in [0, 0.1) is 13.8 Å². The number of aryl methyl sites for hydroxylation is 2. The Labute approximate surface area is 105 Å². The van der Waals surface area contributed by atoms with Crippen molar-refractivity contribution in [2.45, 2.75) is 13.8 Å². The van der Waals surface area contributed by atoms with Gasteiger partial charge in [0.2, 0.25) is 0 Å². The number of nitrogen functional groups attached to an aromatic ring is 1. The van der Waals surface area contributed by atoms with Crippen LogP contribution < -0.4 is 5.73 Å². The van der Waals surface area contributed by atoms with E-state index >= 15 is 0 Å².